The molecule has 1 aliphatic carbocycles. The van der Waals surface area contributed by atoms with Gasteiger partial charge in [-0.2, -0.15) is 0 Å². The Kier molecular flexibility index (Phi) is 5.22. The van der Waals surface area contributed by atoms with Gasteiger partial charge < -0.3 is 15.2 Å². The van der Waals surface area contributed by atoms with Crippen molar-refractivity contribution in [3.05, 3.63) is 0 Å². The SMILES string of the molecule is CC(C)NC(C)(CO)CC(C)OC1CCC1. The van der Waals surface area contributed by atoms with Crippen LogP contribution >= 0.6 is 0 Å². The van der Waals surface area contributed by atoms with Crippen LogP contribution in [0.2, 0.25) is 0 Å². The minimum Gasteiger partial charge on any atom is -0.394 e. The quantitative estimate of drug-likeness (QED) is 0.702. The standard InChI is InChI=1S/C13H27NO2/c1-10(2)14-13(4,9-15)8-11(3)16-12-6-5-7-12/h10-12,14-15H,5-9H2,1-4H3. The Morgan fingerprint density at radius 1 is 1.38 bits per heavy atom. The molecular weight excluding hydrogens is 202 g/mol. The molecule has 0 amide bonds. The van der Waals surface area contributed by atoms with E-state index in [4.69, 9.17) is 4.74 Å². The van der Waals surface area contributed by atoms with Crippen molar-refractivity contribution in [3.8, 4) is 0 Å². The Bertz CT molecular complexity index is 204. The highest BCUT2D eigenvalue weighted by Crippen LogP contribution is 2.25. The summed E-state index contributed by atoms with van der Waals surface area (Å²) < 4.78 is 5.91. The third kappa shape index (κ3) is 4.40. The lowest BCUT2D eigenvalue weighted by Crippen LogP contribution is -2.51. The summed E-state index contributed by atoms with van der Waals surface area (Å²) in [4.78, 5) is 0. The second-order valence-electron chi connectivity index (χ2n) is 5.72. The lowest BCUT2D eigenvalue weighted by atomic mass is 9.93. The smallest absolute Gasteiger partial charge is 0.0611 e. The van der Waals surface area contributed by atoms with E-state index in [1.54, 1.807) is 0 Å². The second kappa shape index (κ2) is 5.99. The van der Waals surface area contributed by atoms with Crippen LogP contribution in [0.5, 0.6) is 0 Å². The number of aliphatic hydroxyl groups excluding tert-OH is 1. The normalized spacial score (nSPS) is 22.9. The van der Waals surface area contributed by atoms with E-state index in [-0.39, 0.29) is 18.2 Å². The van der Waals surface area contributed by atoms with Crippen LogP contribution in [0.4, 0.5) is 0 Å². The minimum atomic E-state index is -0.225. The van der Waals surface area contributed by atoms with Gasteiger partial charge in [0.1, 0.15) is 0 Å². The van der Waals surface area contributed by atoms with Gasteiger partial charge in [-0.1, -0.05) is 13.8 Å². The van der Waals surface area contributed by atoms with Crippen LogP contribution in [0.3, 0.4) is 0 Å². The summed E-state index contributed by atoms with van der Waals surface area (Å²) in [5.74, 6) is 0. The summed E-state index contributed by atoms with van der Waals surface area (Å²) in [5.41, 5.74) is -0.225. The molecule has 0 radical (unpaired) electrons. The van der Waals surface area contributed by atoms with Crippen LogP contribution in [-0.2, 0) is 4.74 Å². The maximum Gasteiger partial charge on any atom is 0.0611 e. The lowest BCUT2D eigenvalue weighted by Gasteiger charge is -2.36. The molecule has 0 heterocycles. The van der Waals surface area contributed by atoms with Crippen LogP contribution in [0.15, 0.2) is 0 Å². The van der Waals surface area contributed by atoms with Gasteiger partial charge in [-0.3, -0.25) is 0 Å². The molecular formula is C13H27NO2. The van der Waals surface area contributed by atoms with Crippen LogP contribution in [-0.4, -0.2) is 35.5 Å². The molecule has 0 aromatic heterocycles. The van der Waals surface area contributed by atoms with Gasteiger partial charge in [0.2, 0.25) is 0 Å². The third-order valence-electron chi connectivity index (χ3n) is 3.20. The van der Waals surface area contributed by atoms with Crippen molar-refractivity contribution in [1.82, 2.24) is 5.32 Å². The summed E-state index contributed by atoms with van der Waals surface area (Å²) in [7, 11) is 0. The van der Waals surface area contributed by atoms with Gasteiger partial charge in [-0.05, 0) is 39.5 Å². The molecule has 0 bridgehead atoms. The van der Waals surface area contributed by atoms with Crippen molar-refractivity contribution >= 4 is 0 Å². The molecule has 2 unspecified atom stereocenters. The summed E-state index contributed by atoms with van der Waals surface area (Å²) in [6.45, 7) is 8.53. The average molecular weight is 229 g/mol. The highest BCUT2D eigenvalue weighted by atomic mass is 16.5. The molecule has 0 aromatic rings. The van der Waals surface area contributed by atoms with Crippen molar-refractivity contribution in [2.45, 2.75) is 77.2 Å². The Morgan fingerprint density at radius 2 is 2.00 bits per heavy atom. The van der Waals surface area contributed by atoms with Gasteiger partial charge in [0.05, 0.1) is 18.8 Å². The summed E-state index contributed by atoms with van der Waals surface area (Å²) in [6, 6.07) is 0.382. The number of hydrogen-bond acceptors (Lipinski definition) is 3. The largest absolute Gasteiger partial charge is 0.394 e. The maximum atomic E-state index is 9.47. The molecule has 16 heavy (non-hydrogen) atoms. The Balaban J connectivity index is 2.34. The lowest BCUT2D eigenvalue weighted by molar-refractivity contribution is -0.0591. The van der Waals surface area contributed by atoms with E-state index < -0.39 is 0 Å². The van der Waals surface area contributed by atoms with Crippen molar-refractivity contribution in [3.63, 3.8) is 0 Å². The van der Waals surface area contributed by atoms with E-state index in [2.05, 4.69) is 33.0 Å². The molecule has 96 valence electrons. The average Bonchev–Trinajstić information content (AvgIpc) is 2.10. The number of rotatable bonds is 7. The summed E-state index contributed by atoms with van der Waals surface area (Å²) in [6.07, 6.45) is 5.26. The van der Waals surface area contributed by atoms with Gasteiger partial charge in [0.15, 0.2) is 0 Å². The van der Waals surface area contributed by atoms with E-state index in [9.17, 15) is 5.11 Å². The first kappa shape index (κ1) is 13.9. The van der Waals surface area contributed by atoms with Crippen molar-refractivity contribution < 1.29 is 9.84 Å². The van der Waals surface area contributed by atoms with Crippen molar-refractivity contribution in [2.75, 3.05) is 6.61 Å². The second-order valence-corrected chi connectivity index (χ2v) is 5.72. The molecule has 0 aromatic carbocycles. The molecule has 3 heteroatoms. The van der Waals surface area contributed by atoms with Crippen LogP contribution in [0, 0.1) is 0 Å². The first-order valence-electron chi connectivity index (χ1n) is 6.49. The number of aliphatic hydroxyl groups is 1. The van der Waals surface area contributed by atoms with Gasteiger partial charge in [-0.15, -0.1) is 0 Å². The highest BCUT2D eigenvalue weighted by molar-refractivity contribution is 4.86. The predicted octanol–water partition coefficient (Wildman–Crippen LogP) is 2.08. The Labute approximate surface area is 99.6 Å². The Morgan fingerprint density at radius 3 is 2.38 bits per heavy atom. The topological polar surface area (TPSA) is 41.5 Å². The van der Waals surface area contributed by atoms with Crippen molar-refractivity contribution in [1.29, 1.82) is 0 Å². The first-order valence-corrected chi connectivity index (χ1v) is 6.49. The zero-order chi connectivity index (χ0) is 12.2. The number of ether oxygens (including phenoxy) is 1. The van der Waals surface area contributed by atoms with Gasteiger partial charge in [0.25, 0.3) is 0 Å². The fourth-order valence-corrected chi connectivity index (χ4v) is 2.38. The van der Waals surface area contributed by atoms with Crippen LogP contribution in [0.25, 0.3) is 0 Å². The highest BCUT2D eigenvalue weighted by Gasteiger charge is 2.29. The zero-order valence-electron chi connectivity index (χ0n) is 11.1. The minimum absolute atomic E-state index is 0.156. The van der Waals surface area contributed by atoms with E-state index in [1.807, 2.05) is 0 Å². The predicted molar refractivity (Wildman–Crippen MR) is 66.6 cm³/mol. The Hall–Kier alpha value is -0.120. The zero-order valence-corrected chi connectivity index (χ0v) is 11.1. The fraction of sp³-hybridized carbons (Fsp3) is 1.00. The molecule has 0 aliphatic heterocycles. The maximum absolute atomic E-state index is 9.47. The number of nitrogens with one attached hydrogen (secondary N) is 1. The molecule has 2 atom stereocenters. The molecule has 1 rings (SSSR count). The number of hydrogen-bond donors (Lipinski definition) is 2. The van der Waals surface area contributed by atoms with Gasteiger partial charge in [0, 0.05) is 11.6 Å². The summed E-state index contributed by atoms with van der Waals surface area (Å²) in [5, 5.41) is 12.9. The van der Waals surface area contributed by atoms with Crippen LogP contribution in [0.1, 0.15) is 53.4 Å². The molecule has 3 nitrogen and oxygen atoms in total. The van der Waals surface area contributed by atoms with Crippen LogP contribution < -0.4 is 5.32 Å². The van der Waals surface area contributed by atoms with E-state index in [0.717, 1.165) is 6.42 Å². The van der Waals surface area contributed by atoms with E-state index >= 15 is 0 Å². The monoisotopic (exact) mass is 229 g/mol. The van der Waals surface area contributed by atoms with Gasteiger partial charge in [-0.25, -0.2) is 0 Å². The molecule has 1 fully saturated rings. The van der Waals surface area contributed by atoms with Crippen molar-refractivity contribution in [2.24, 2.45) is 0 Å². The molecule has 0 spiro atoms. The first-order chi connectivity index (χ1) is 7.45. The third-order valence-corrected chi connectivity index (χ3v) is 3.20. The molecule has 1 aliphatic rings. The van der Waals surface area contributed by atoms with E-state index in [1.165, 1.54) is 19.3 Å². The van der Waals surface area contributed by atoms with Gasteiger partial charge >= 0.3 is 0 Å². The van der Waals surface area contributed by atoms with E-state index in [0.29, 0.717) is 12.1 Å². The molecule has 0 saturated heterocycles. The fourth-order valence-electron chi connectivity index (χ4n) is 2.38. The summed E-state index contributed by atoms with van der Waals surface area (Å²) >= 11 is 0. The molecule has 1 saturated carbocycles. The molecule has 2 N–H and O–H groups in total.